The molecular weight excluding hydrogens is 292 g/mol. The number of carbonyl (C=O) groups excluding carboxylic acids is 1. The van der Waals surface area contributed by atoms with Crippen LogP contribution in [0.4, 0.5) is 5.69 Å². The Hall–Kier alpha value is -2.47. The van der Waals surface area contributed by atoms with Crippen molar-refractivity contribution in [2.75, 3.05) is 25.5 Å². The van der Waals surface area contributed by atoms with Crippen LogP contribution in [0.2, 0.25) is 0 Å². The van der Waals surface area contributed by atoms with Gasteiger partial charge < -0.3 is 15.0 Å². The normalized spacial score (nSPS) is 16.0. The average molecular weight is 312 g/mol. The summed E-state index contributed by atoms with van der Waals surface area (Å²) in [6.45, 7) is 2.09. The Bertz CT molecular complexity index is 637. The summed E-state index contributed by atoms with van der Waals surface area (Å²) in [4.78, 5) is 22.5. The first-order chi connectivity index (χ1) is 11.2. The largest absolute Gasteiger partial charge is 0.474 e. The number of piperidine rings is 1. The number of anilines is 1. The zero-order valence-electron chi connectivity index (χ0n) is 13.1. The van der Waals surface area contributed by atoms with Crippen LogP contribution in [0.15, 0.2) is 42.9 Å². The molecule has 0 aliphatic carbocycles. The predicted molar refractivity (Wildman–Crippen MR) is 87.6 cm³/mol. The van der Waals surface area contributed by atoms with Crippen LogP contribution in [-0.2, 0) is 0 Å². The molecule has 6 nitrogen and oxygen atoms in total. The molecule has 6 heteroatoms. The summed E-state index contributed by atoms with van der Waals surface area (Å²) in [7, 11) is 2.12. The van der Waals surface area contributed by atoms with Crippen molar-refractivity contribution in [2.45, 2.75) is 18.9 Å². The van der Waals surface area contributed by atoms with Gasteiger partial charge in [-0.15, -0.1) is 0 Å². The third-order valence-electron chi connectivity index (χ3n) is 3.87. The van der Waals surface area contributed by atoms with E-state index in [4.69, 9.17) is 4.74 Å². The van der Waals surface area contributed by atoms with Gasteiger partial charge in [-0.05, 0) is 38.1 Å². The summed E-state index contributed by atoms with van der Waals surface area (Å²) >= 11 is 0. The number of aromatic nitrogens is 2. The molecule has 1 aliphatic heterocycles. The van der Waals surface area contributed by atoms with E-state index in [0.29, 0.717) is 17.1 Å². The van der Waals surface area contributed by atoms with Crippen LogP contribution < -0.4 is 10.1 Å². The highest BCUT2D eigenvalue weighted by molar-refractivity contribution is 6.03. The maximum atomic E-state index is 12.0. The minimum atomic E-state index is -0.205. The summed E-state index contributed by atoms with van der Waals surface area (Å²) in [5.41, 5.74) is 1.15. The van der Waals surface area contributed by atoms with E-state index in [1.807, 2.05) is 0 Å². The number of hydrogen-bond donors (Lipinski definition) is 1. The van der Waals surface area contributed by atoms with E-state index in [1.54, 1.807) is 36.7 Å². The van der Waals surface area contributed by atoms with E-state index in [2.05, 4.69) is 27.2 Å². The number of carbonyl (C=O) groups is 1. The number of rotatable bonds is 4. The molecule has 120 valence electrons. The van der Waals surface area contributed by atoms with Gasteiger partial charge in [0.25, 0.3) is 5.91 Å². The number of ether oxygens (including phenoxy) is 1. The summed E-state index contributed by atoms with van der Waals surface area (Å²) < 4.78 is 5.89. The van der Waals surface area contributed by atoms with Crippen molar-refractivity contribution in [3.8, 4) is 5.88 Å². The summed E-state index contributed by atoms with van der Waals surface area (Å²) in [5.74, 6) is 0.391. The van der Waals surface area contributed by atoms with Crippen LogP contribution in [0.5, 0.6) is 5.88 Å². The first kappa shape index (κ1) is 15.4. The lowest BCUT2D eigenvalue weighted by molar-refractivity contribution is 0.102. The van der Waals surface area contributed by atoms with E-state index in [9.17, 15) is 4.79 Å². The van der Waals surface area contributed by atoms with Crippen LogP contribution >= 0.6 is 0 Å². The molecule has 1 fully saturated rings. The molecule has 0 radical (unpaired) electrons. The van der Waals surface area contributed by atoms with Gasteiger partial charge in [-0.1, -0.05) is 0 Å². The SMILES string of the molecule is CN1CCC(Oc2ccc(NC(=O)c3cccnc3)cn2)CC1. The van der Waals surface area contributed by atoms with E-state index < -0.39 is 0 Å². The van der Waals surface area contributed by atoms with Crippen molar-refractivity contribution >= 4 is 11.6 Å². The van der Waals surface area contributed by atoms with Crippen LogP contribution in [0.3, 0.4) is 0 Å². The van der Waals surface area contributed by atoms with Gasteiger partial charge in [-0.3, -0.25) is 9.78 Å². The second-order valence-corrected chi connectivity index (χ2v) is 5.70. The van der Waals surface area contributed by atoms with Crippen molar-refractivity contribution in [3.05, 3.63) is 48.4 Å². The van der Waals surface area contributed by atoms with Crippen molar-refractivity contribution in [3.63, 3.8) is 0 Å². The standard InChI is InChI=1S/C17H20N4O2/c1-21-9-6-15(7-10-21)23-16-5-4-14(12-19-16)20-17(22)13-3-2-8-18-11-13/h2-5,8,11-12,15H,6-7,9-10H2,1H3,(H,20,22). The molecule has 1 aliphatic rings. The molecule has 23 heavy (non-hydrogen) atoms. The molecule has 0 aromatic carbocycles. The average Bonchev–Trinajstić information content (AvgIpc) is 2.59. The first-order valence-corrected chi connectivity index (χ1v) is 7.73. The van der Waals surface area contributed by atoms with Crippen LogP contribution in [0, 0.1) is 0 Å². The highest BCUT2D eigenvalue weighted by atomic mass is 16.5. The number of hydrogen-bond acceptors (Lipinski definition) is 5. The van der Waals surface area contributed by atoms with Crippen molar-refractivity contribution in [1.29, 1.82) is 0 Å². The number of likely N-dealkylation sites (tertiary alicyclic amines) is 1. The minimum absolute atomic E-state index is 0.205. The zero-order valence-corrected chi connectivity index (χ0v) is 13.1. The Morgan fingerprint density at radius 1 is 1.26 bits per heavy atom. The number of pyridine rings is 2. The fraction of sp³-hybridized carbons (Fsp3) is 0.353. The third-order valence-corrected chi connectivity index (χ3v) is 3.87. The second-order valence-electron chi connectivity index (χ2n) is 5.70. The molecule has 2 aromatic rings. The van der Waals surface area contributed by atoms with Crippen molar-refractivity contribution < 1.29 is 9.53 Å². The Balaban J connectivity index is 1.56. The number of amides is 1. The second kappa shape index (κ2) is 7.19. The summed E-state index contributed by atoms with van der Waals surface area (Å²) in [6.07, 6.45) is 7.01. The molecule has 1 amide bonds. The molecule has 0 spiro atoms. The van der Waals surface area contributed by atoms with Gasteiger partial charge in [-0.25, -0.2) is 4.98 Å². The Morgan fingerprint density at radius 3 is 2.74 bits per heavy atom. The summed E-state index contributed by atoms with van der Waals surface area (Å²) in [5, 5.41) is 2.79. The molecule has 3 heterocycles. The monoisotopic (exact) mass is 312 g/mol. The van der Waals surface area contributed by atoms with Gasteiger partial charge in [0.2, 0.25) is 5.88 Å². The fourth-order valence-electron chi connectivity index (χ4n) is 2.50. The smallest absolute Gasteiger partial charge is 0.257 e. The lowest BCUT2D eigenvalue weighted by Gasteiger charge is -2.28. The molecule has 1 saturated heterocycles. The van der Waals surface area contributed by atoms with E-state index in [0.717, 1.165) is 25.9 Å². The van der Waals surface area contributed by atoms with Gasteiger partial charge in [0, 0.05) is 31.5 Å². The lowest BCUT2D eigenvalue weighted by Crippen LogP contribution is -2.35. The zero-order chi connectivity index (χ0) is 16.1. The molecule has 0 unspecified atom stereocenters. The highest BCUT2D eigenvalue weighted by Crippen LogP contribution is 2.18. The quantitative estimate of drug-likeness (QED) is 0.937. The molecule has 0 bridgehead atoms. The molecule has 1 N–H and O–H groups in total. The Labute approximate surface area is 135 Å². The molecule has 3 rings (SSSR count). The van der Waals surface area contributed by atoms with E-state index in [1.165, 1.54) is 6.20 Å². The van der Waals surface area contributed by atoms with Gasteiger partial charge >= 0.3 is 0 Å². The van der Waals surface area contributed by atoms with Crippen molar-refractivity contribution in [1.82, 2.24) is 14.9 Å². The lowest BCUT2D eigenvalue weighted by atomic mass is 10.1. The maximum absolute atomic E-state index is 12.0. The van der Waals surface area contributed by atoms with Crippen LogP contribution in [0.25, 0.3) is 0 Å². The molecule has 2 aromatic heterocycles. The van der Waals surface area contributed by atoms with Crippen molar-refractivity contribution in [2.24, 2.45) is 0 Å². The van der Waals surface area contributed by atoms with Gasteiger partial charge in [0.15, 0.2) is 0 Å². The van der Waals surface area contributed by atoms with Crippen LogP contribution in [0.1, 0.15) is 23.2 Å². The third kappa shape index (κ3) is 4.26. The molecule has 0 saturated carbocycles. The predicted octanol–water partition coefficient (Wildman–Crippen LogP) is 2.20. The summed E-state index contributed by atoms with van der Waals surface area (Å²) in [6, 6.07) is 7.03. The highest BCUT2D eigenvalue weighted by Gasteiger charge is 2.18. The number of nitrogens with one attached hydrogen (secondary N) is 1. The minimum Gasteiger partial charge on any atom is -0.474 e. The first-order valence-electron chi connectivity index (χ1n) is 7.73. The Kier molecular flexibility index (Phi) is 4.83. The Morgan fingerprint density at radius 2 is 2.09 bits per heavy atom. The van der Waals surface area contributed by atoms with Crippen LogP contribution in [-0.4, -0.2) is 47.0 Å². The maximum Gasteiger partial charge on any atom is 0.257 e. The molecular formula is C17H20N4O2. The van der Waals surface area contributed by atoms with Gasteiger partial charge in [0.05, 0.1) is 17.4 Å². The fourth-order valence-corrected chi connectivity index (χ4v) is 2.50. The number of nitrogens with zero attached hydrogens (tertiary/aromatic N) is 3. The molecule has 0 atom stereocenters. The van der Waals surface area contributed by atoms with E-state index in [-0.39, 0.29) is 12.0 Å². The van der Waals surface area contributed by atoms with E-state index >= 15 is 0 Å². The topological polar surface area (TPSA) is 67.3 Å². The van der Waals surface area contributed by atoms with Gasteiger partial charge in [-0.2, -0.15) is 0 Å². The van der Waals surface area contributed by atoms with Gasteiger partial charge in [0.1, 0.15) is 6.10 Å².